The molecule has 0 radical (unpaired) electrons. The number of nitrogens with zero attached hydrogens (tertiary/aromatic N) is 1. The minimum absolute atomic E-state index is 1.04. The van der Waals surface area contributed by atoms with E-state index in [0.29, 0.717) is 0 Å². The lowest BCUT2D eigenvalue weighted by Crippen LogP contribution is -1.88. The van der Waals surface area contributed by atoms with Gasteiger partial charge >= 0.3 is 0 Å². The Morgan fingerprint density at radius 3 is 1.29 bits per heavy atom. The molecule has 0 saturated carbocycles. The second-order valence-corrected chi connectivity index (χ2v) is 10.1. The molecule has 0 atom stereocenters. The summed E-state index contributed by atoms with van der Waals surface area (Å²) in [6.07, 6.45) is 26.5. The van der Waals surface area contributed by atoms with Gasteiger partial charge in [0.2, 0.25) is 0 Å². The van der Waals surface area contributed by atoms with Gasteiger partial charge in [-0.25, -0.2) is 0 Å². The Balaban J connectivity index is 1.58. The van der Waals surface area contributed by atoms with E-state index in [1.807, 2.05) is 6.21 Å². The predicted octanol–water partition coefficient (Wildman–Crippen LogP) is 10.8. The SMILES string of the molecule is CCCCCCCCCCCCc1ccc(C=Nc2ccc(CCCCCCCC)cc2)cc1. The molecule has 0 fully saturated rings. The topological polar surface area (TPSA) is 12.4 Å². The third kappa shape index (κ3) is 13.7. The molecule has 0 saturated heterocycles. The summed E-state index contributed by atoms with van der Waals surface area (Å²) in [6.45, 7) is 4.57. The maximum Gasteiger partial charge on any atom is 0.0630 e. The third-order valence-corrected chi connectivity index (χ3v) is 6.92. The van der Waals surface area contributed by atoms with Crippen LogP contribution < -0.4 is 0 Å². The van der Waals surface area contributed by atoms with E-state index in [2.05, 4.69) is 67.4 Å². The average molecular weight is 462 g/mol. The lowest BCUT2D eigenvalue weighted by molar-refractivity contribution is 0.556. The summed E-state index contributed by atoms with van der Waals surface area (Å²) >= 11 is 0. The van der Waals surface area contributed by atoms with Gasteiger partial charge in [0.05, 0.1) is 5.69 Å². The number of aliphatic imine (C=N–C) groups is 1. The lowest BCUT2D eigenvalue weighted by atomic mass is 10.0. The van der Waals surface area contributed by atoms with Gasteiger partial charge in [-0.1, -0.05) is 140 Å². The maximum absolute atomic E-state index is 4.68. The normalized spacial score (nSPS) is 11.5. The van der Waals surface area contributed by atoms with Crippen molar-refractivity contribution in [3.8, 4) is 0 Å². The van der Waals surface area contributed by atoms with Gasteiger partial charge in [0.1, 0.15) is 0 Å². The summed E-state index contributed by atoms with van der Waals surface area (Å²) in [5.41, 5.74) is 5.12. The number of benzene rings is 2. The van der Waals surface area contributed by atoms with Crippen molar-refractivity contribution in [3.63, 3.8) is 0 Å². The van der Waals surface area contributed by atoms with Crippen LogP contribution in [-0.2, 0) is 12.8 Å². The van der Waals surface area contributed by atoms with Gasteiger partial charge in [0.15, 0.2) is 0 Å². The van der Waals surface area contributed by atoms with Crippen LogP contribution >= 0.6 is 0 Å². The molecule has 2 aromatic rings. The highest BCUT2D eigenvalue weighted by atomic mass is 14.7. The van der Waals surface area contributed by atoms with Crippen molar-refractivity contribution in [2.45, 2.75) is 129 Å². The van der Waals surface area contributed by atoms with Gasteiger partial charge in [0, 0.05) is 6.21 Å². The molecule has 0 N–H and O–H groups in total. The molecule has 34 heavy (non-hydrogen) atoms. The van der Waals surface area contributed by atoms with Crippen molar-refractivity contribution in [2.24, 2.45) is 4.99 Å². The zero-order chi connectivity index (χ0) is 24.1. The van der Waals surface area contributed by atoms with Gasteiger partial charge in [-0.05, 0) is 54.5 Å². The van der Waals surface area contributed by atoms with Crippen LogP contribution in [0.1, 0.15) is 133 Å². The van der Waals surface area contributed by atoms with Crippen molar-refractivity contribution in [2.75, 3.05) is 0 Å². The minimum atomic E-state index is 1.04. The van der Waals surface area contributed by atoms with Gasteiger partial charge in [-0.15, -0.1) is 0 Å². The van der Waals surface area contributed by atoms with E-state index in [4.69, 9.17) is 0 Å². The average Bonchev–Trinajstić information content (AvgIpc) is 2.87. The van der Waals surface area contributed by atoms with Crippen LogP contribution in [0.15, 0.2) is 53.5 Å². The van der Waals surface area contributed by atoms with E-state index in [0.717, 1.165) is 5.69 Å². The highest BCUT2D eigenvalue weighted by Gasteiger charge is 1.98. The Morgan fingerprint density at radius 1 is 0.471 bits per heavy atom. The first-order valence-corrected chi connectivity index (χ1v) is 14.5. The second kappa shape index (κ2) is 19.4. The largest absolute Gasteiger partial charge is 0.256 e. The van der Waals surface area contributed by atoms with Crippen LogP contribution in [0.3, 0.4) is 0 Å². The molecule has 1 nitrogen and oxygen atoms in total. The van der Waals surface area contributed by atoms with Crippen molar-refractivity contribution in [1.82, 2.24) is 0 Å². The lowest BCUT2D eigenvalue weighted by Gasteiger charge is -2.04. The Hall–Kier alpha value is -1.89. The Morgan fingerprint density at radius 2 is 0.853 bits per heavy atom. The Bertz CT molecular complexity index is 741. The molecular formula is C33H51N. The smallest absolute Gasteiger partial charge is 0.0630 e. The molecule has 188 valence electrons. The molecule has 2 rings (SSSR count). The molecule has 0 aliphatic rings. The van der Waals surface area contributed by atoms with Gasteiger partial charge < -0.3 is 0 Å². The predicted molar refractivity (Wildman–Crippen MR) is 153 cm³/mol. The summed E-state index contributed by atoms with van der Waals surface area (Å²) in [7, 11) is 0. The summed E-state index contributed by atoms with van der Waals surface area (Å²) in [5, 5.41) is 0. The zero-order valence-corrected chi connectivity index (χ0v) is 22.4. The van der Waals surface area contributed by atoms with Crippen molar-refractivity contribution < 1.29 is 0 Å². The van der Waals surface area contributed by atoms with E-state index in [1.54, 1.807) is 0 Å². The maximum atomic E-state index is 4.68. The van der Waals surface area contributed by atoms with E-state index in [9.17, 15) is 0 Å². The fourth-order valence-electron chi connectivity index (χ4n) is 4.59. The minimum Gasteiger partial charge on any atom is -0.256 e. The Kier molecular flexibility index (Phi) is 16.2. The van der Waals surface area contributed by atoms with E-state index in [-0.39, 0.29) is 0 Å². The summed E-state index contributed by atoms with van der Waals surface area (Å²) in [4.78, 5) is 4.68. The molecule has 0 bridgehead atoms. The molecule has 0 aliphatic heterocycles. The van der Waals surface area contributed by atoms with Crippen molar-refractivity contribution in [3.05, 3.63) is 65.2 Å². The molecule has 0 aromatic heterocycles. The van der Waals surface area contributed by atoms with Crippen molar-refractivity contribution >= 4 is 11.9 Å². The first-order valence-electron chi connectivity index (χ1n) is 14.5. The number of aryl methyl sites for hydroxylation is 2. The Labute approximate surface area is 211 Å². The van der Waals surface area contributed by atoms with Crippen LogP contribution in [0.5, 0.6) is 0 Å². The van der Waals surface area contributed by atoms with Crippen molar-refractivity contribution in [1.29, 1.82) is 0 Å². The van der Waals surface area contributed by atoms with Crippen LogP contribution in [0.4, 0.5) is 5.69 Å². The summed E-state index contributed by atoms with van der Waals surface area (Å²) in [6, 6.07) is 17.8. The van der Waals surface area contributed by atoms with E-state index in [1.165, 1.54) is 132 Å². The van der Waals surface area contributed by atoms with Gasteiger partial charge in [-0.2, -0.15) is 0 Å². The molecular weight excluding hydrogens is 410 g/mol. The van der Waals surface area contributed by atoms with Crippen LogP contribution in [0.2, 0.25) is 0 Å². The first kappa shape index (κ1) is 28.3. The molecule has 1 heteroatoms. The molecule has 2 aromatic carbocycles. The number of hydrogen-bond donors (Lipinski definition) is 0. The fraction of sp³-hybridized carbons (Fsp3) is 0.606. The molecule has 0 heterocycles. The van der Waals surface area contributed by atoms with Gasteiger partial charge in [-0.3, -0.25) is 4.99 Å². The number of unbranched alkanes of at least 4 members (excludes halogenated alkanes) is 14. The molecule has 0 spiro atoms. The second-order valence-electron chi connectivity index (χ2n) is 10.1. The molecule has 0 amide bonds. The standard InChI is InChI=1S/C33H51N/c1-3-5-7-9-11-12-13-14-16-18-19-30-21-23-32(24-22-30)29-34-33-27-25-31(26-28-33)20-17-15-10-8-6-4-2/h21-29H,3-20H2,1-2H3. The summed E-state index contributed by atoms with van der Waals surface area (Å²) in [5.74, 6) is 0. The summed E-state index contributed by atoms with van der Waals surface area (Å²) < 4.78 is 0. The monoisotopic (exact) mass is 461 g/mol. The molecule has 0 unspecified atom stereocenters. The van der Waals surface area contributed by atoms with E-state index < -0.39 is 0 Å². The van der Waals surface area contributed by atoms with Gasteiger partial charge in [0.25, 0.3) is 0 Å². The van der Waals surface area contributed by atoms with Crippen LogP contribution in [0.25, 0.3) is 0 Å². The number of rotatable bonds is 20. The fourth-order valence-corrected chi connectivity index (χ4v) is 4.59. The van der Waals surface area contributed by atoms with E-state index >= 15 is 0 Å². The quantitative estimate of drug-likeness (QED) is 0.137. The highest BCUT2D eigenvalue weighted by molar-refractivity contribution is 5.81. The number of hydrogen-bond acceptors (Lipinski definition) is 1. The highest BCUT2D eigenvalue weighted by Crippen LogP contribution is 2.17. The first-order chi connectivity index (χ1) is 16.8. The zero-order valence-electron chi connectivity index (χ0n) is 22.4. The van der Waals surface area contributed by atoms with Crippen LogP contribution in [0, 0.1) is 0 Å². The third-order valence-electron chi connectivity index (χ3n) is 6.92. The molecule has 0 aliphatic carbocycles. The van der Waals surface area contributed by atoms with Crippen LogP contribution in [-0.4, -0.2) is 6.21 Å².